The van der Waals surface area contributed by atoms with Gasteiger partial charge in [0.05, 0.1) is 6.61 Å². The average Bonchev–Trinajstić information content (AvgIpc) is 3.20. The second-order valence-electron chi connectivity index (χ2n) is 4.46. The molecule has 0 atom stereocenters. The molecule has 100 valence electrons. The molecule has 18 heavy (non-hydrogen) atoms. The number of likely N-dealkylation sites (N-methyl/N-ethyl adjacent to an activating group) is 1. The highest BCUT2D eigenvalue weighted by molar-refractivity contribution is 5.36. The smallest absolute Gasteiger partial charge is 0.218 e. The summed E-state index contributed by atoms with van der Waals surface area (Å²) in [4.78, 5) is 10.7. The number of aromatic nitrogens is 2. The third-order valence-corrected chi connectivity index (χ3v) is 3.11. The van der Waals surface area contributed by atoms with Crippen LogP contribution in [0.3, 0.4) is 0 Å². The number of nitrogens with zero attached hydrogens (tertiary/aromatic N) is 3. The molecule has 1 aromatic rings. The minimum Gasteiger partial charge on any atom is -0.478 e. The zero-order chi connectivity index (χ0) is 12.8. The van der Waals surface area contributed by atoms with Gasteiger partial charge in [0.1, 0.15) is 12.1 Å². The summed E-state index contributed by atoms with van der Waals surface area (Å²) in [5.74, 6) is 1.46. The van der Waals surface area contributed by atoms with E-state index in [1.807, 2.05) is 13.0 Å². The molecule has 5 nitrogen and oxygen atoms in total. The molecule has 1 aromatic heterocycles. The standard InChI is InChI=1S/C13H22N4O/c1-3-17(11-5-6-11)8-7-14-12-9-13(18-4-2)16-10-15-12/h9-11H,3-8H2,1-2H3,(H,14,15,16). The summed E-state index contributed by atoms with van der Waals surface area (Å²) in [6, 6.07) is 2.66. The third-order valence-electron chi connectivity index (χ3n) is 3.11. The molecule has 2 rings (SSSR count). The Morgan fingerprint density at radius 1 is 1.39 bits per heavy atom. The predicted molar refractivity (Wildman–Crippen MR) is 72.0 cm³/mol. The van der Waals surface area contributed by atoms with Gasteiger partial charge in [-0.15, -0.1) is 0 Å². The van der Waals surface area contributed by atoms with Gasteiger partial charge >= 0.3 is 0 Å². The first kappa shape index (κ1) is 13.1. The molecule has 0 aromatic carbocycles. The molecule has 1 aliphatic carbocycles. The largest absolute Gasteiger partial charge is 0.478 e. The molecule has 0 amide bonds. The van der Waals surface area contributed by atoms with E-state index < -0.39 is 0 Å². The Hall–Kier alpha value is -1.36. The Morgan fingerprint density at radius 3 is 2.89 bits per heavy atom. The number of ether oxygens (including phenoxy) is 1. The maximum absolute atomic E-state index is 5.34. The molecule has 0 radical (unpaired) electrons. The quantitative estimate of drug-likeness (QED) is 0.762. The van der Waals surface area contributed by atoms with Crippen molar-refractivity contribution in [3.05, 3.63) is 12.4 Å². The highest BCUT2D eigenvalue weighted by Gasteiger charge is 2.27. The van der Waals surface area contributed by atoms with Crippen LogP contribution in [0.15, 0.2) is 12.4 Å². The van der Waals surface area contributed by atoms with Crippen LogP contribution < -0.4 is 10.1 Å². The first-order valence-corrected chi connectivity index (χ1v) is 6.76. The Bertz CT molecular complexity index is 368. The normalized spacial score (nSPS) is 14.8. The van der Waals surface area contributed by atoms with Gasteiger partial charge in [-0.2, -0.15) is 0 Å². The maximum Gasteiger partial charge on any atom is 0.218 e. The first-order valence-electron chi connectivity index (χ1n) is 6.76. The van der Waals surface area contributed by atoms with Crippen LogP contribution in [0.4, 0.5) is 5.82 Å². The Balaban J connectivity index is 1.76. The van der Waals surface area contributed by atoms with Crippen molar-refractivity contribution in [1.29, 1.82) is 0 Å². The van der Waals surface area contributed by atoms with Gasteiger partial charge in [-0.25, -0.2) is 9.97 Å². The third kappa shape index (κ3) is 3.84. The molecule has 5 heteroatoms. The molecular formula is C13H22N4O. The molecule has 0 spiro atoms. The van der Waals surface area contributed by atoms with Crippen molar-refractivity contribution in [3.8, 4) is 5.88 Å². The molecule has 0 unspecified atom stereocenters. The number of hydrogen-bond donors (Lipinski definition) is 1. The highest BCUT2D eigenvalue weighted by atomic mass is 16.5. The molecule has 1 heterocycles. The van der Waals surface area contributed by atoms with Crippen molar-refractivity contribution in [1.82, 2.24) is 14.9 Å². The molecule has 1 fully saturated rings. The van der Waals surface area contributed by atoms with E-state index in [2.05, 4.69) is 27.1 Å². The van der Waals surface area contributed by atoms with Crippen molar-refractivity contribution in [2.24, 2.45) is 0 Å². The van der Waals surface area contributed by atoms with Gasteiger partial charge in [-0.1, -0.05) is 6.92 Å². The summed E-state index contributed by atoms with van der Waals surface area (Å²) >= 11 is 0. The van der Waals surface area contributed by atoms with Crippen molar-refractivity contribution < 1.29 is 4.74 Å². The van der Waals surface area contributed by atoms with Gasteiger partial charge in [0.2, 0.25) is 5.88 Å². The fourth-order valence-electron chi connectivity index (χ4n) is 2.03. The Labute approximate surface area is 109 Å². The van der Waals surface area contributed by atoms with Crippen LogP contribution >= 0.6 is 0 Å². The Morgan fingerprint density at radius 2 is 2.22 bits per heavy atom. The van der Waals surface area contributed by atoms with Crippen LogP contribution in [-0.2, 0) is 0 Å². The van der Waals surface area contributed by atoms with Crippen LogP contribution in [0.25, 0.3) is 0 Å². The second kappa shape index (κ2) is 6.54. The fourth-order valence-corrected chi connectivity index (χ4v) is 2.03. The van der Waals surface area contributed by atoms with Gasteiger partial charge in [0, 0.05) is 25.2 Å². The zero-order valence-electron chi connectivity index (χ0n) is 11.2. The van der Waals surface area contributed by atoms with Crippen molar-refractivity contribution >= 4 is 5.82 Å². The van der Waals surface area contributed by atoms with Gasteiger partial charge in [-0.05, 0) is 26.3 Å². The monoisotopic (exact) mass is 250 g/mol. The van der Waals surface area contributed by atoms with Gasteiger partial charge in [0.25, 0.3) is 0 Å². The van der Waals surface area contributed by atoms with Crippen LogP contribution in [0.1, 0.15) is 26.7 Å². The molecule has 1 aliphatic rings. The lowest BCUT2D eigenvalue weighted by molar-refractivity contribution is 0.289. The summed E-state index contributed by atoms with van der Waals surface area (Å²) in [6.45, 7) is 7.89. The molecule has 0 bridgehead atoms. The van der Waals surface area contributed by atoms with E-state index in [9.17, 15) is 0 Å². The number of rotatable bonds is 8. The van der Waals surface area contributed by atoms with Gasteiger partial charge < -0.3 is 10.1 Å². The molecule has 0 saturated heterocycles. The van der Waals surface area contributed by atoms with Crippen LogP contribution in [-0.4, -0.2) is 47.2 Å². The van der Waals surface area contributed by atoms with Gasteiger partial charge in [0.15, 0.2) is 0 Å². The fraction of sp³-hybridized carbons (Fsp3) is 0.692. The van der Waals surface area contributed by atoms with Crippen LogP contribution in [0.5, 0.6) is 5.88 Å². The minimum absolute atomic E-state index is 0.627. The average molecular weight is 250 g/mol. The van der Waals surface area contributed by atoms with Crippen molar-refractivity contribution in [3.63, 3.8) is 0 Å². The lowest BCUT2D eigenvalue weighted by atomic mass is 10.4. The van der Waals surface area contributed by atoms with E-state index in [-0.39, 0.29) is 0 Å². The van der Waals surface area contributed by atoms with E-state index >= 15 is 0 Å². The predicted octanol–water partition coefficient (Wildman–Crippen LogP) is 1.77. The van der Waals surface area contributed by atoms with Crippen LogP contribution in [0, 0.1) is 0 Å². The minimum atomic E-state index is 0.627. The summed E-state index contributed by atoms with van der Waals surface area (Å²) in [6.07, 6.45) is 4.25. The van der Waals surface area contributed by atoms with E-state index in [0.29, 0.717) is 12.5 Å². The lowest BCUT2D eigenvalue weighted by Gasteiger charge is -2.19. The number of anilines is 1. The SMILES string of the molecule is CCOc1cc(NCCN(CC)C2CC2)ncn1. The molecule has 1 N–H and O–H groups in total. The zero-order valence-corrected chi connectivity index (χ0v) is 11.2. The van der Waals surface area contributed by atoms with E-state index in [4.69, 9.17) is 4.74 Å². The van der Waals surface area contributed by atoms with E-state index in [0.717, 1.165) is 31.5 Å². The summed E-state index contributed by atoms with van der Waals surface area (Å²) in [5, 5.41) is 3.32. The lowest BCUT2D eigenvalue weighted by Crippen LogP contribution is -2.31. The van der Waals surface area contributed by atoms with E-state index in [1.54, 1.807) is 0 Å². The summed E-state index contributed by atoms with van der Waals surface area (Å²) in [5.41, 5.74) is 0. The van der Waals surface area contributed by atoms with E-state index in [1.165, 1.54) is 19.2 Å². The Kier molecular flexibility index (Phi) is 4.75. The molecule has 1 saturated carbocycles. The van der Waals surface area contributed by atoms with Crippen molar-refractivity contribution in [2.45, 2.75) is 32.7 Å². The van der Waals surface area contributed by atoms with Gasteiger partial charge in [-0.3, -0.25) is 4.90 Å². The molecule has 0 aliphatic heterocycles. The second-order valence-corrected chi connectivity index (χ2v) is 4.46. The highest BCUT2D eigenvalue weighted by Crippen LogP contribution is 2.25. The number of nitrogens with one attached hydrogen (secondary N) is 1. The van der Waals surface area contributed by atoms with Crippen LogP contribution in [0.2, 0.25) is 0 Å². The molecular weight excluding hydrogens is 228 g/mol. The first-order chi connectivity index (χ1) is 8.83. The number of hydrogen-bond acceptors (Lipinski definition) is 5. The summed E-state index contributed by atoms with van der Waals surface area (Å²) < 4.78 is 5.34. The maximum atomic E-state index is 5.34. The van der Waals surface area contributed by atoms with Crippen molar-refractivity contribution in [2.75, 3.05) is 31.6 Å². The summed E-state index contributed by atoms with van der Waals surface area (Å²) in [7, 11) is 0. The topological polar surface area (TPSA) is 50.3 Å².